The molecule has 1 fully saturated rings. The van der Waals surface area contributed by atoms with Gasteiger partial charge >= 0.3 is 5.97 Å². The molecule has 5 rings (SSSR count). The number of nitrogens with one attached hydrogen (secondary N) is 1. The van der Waals surface area contributed by atoms with Crippen LogP contribution in [0.25, 0.3) is 22.5 Å². The van der Waals surface area contributed by atoms with E-state index in [2.05, 4.69) is 10.4 Å². The summed E-state index contributed by atoms with van der Waals surface area (Å²) in [7, 11) is -3.16. The topological polar surface area (TPSA) is 133 Å². The van der Waals surface area contributed by atoms with E-state index in [1.54, 1.807) is 61.0 Å². The molecule has 36 heavy (non-hydrogen) atoms. The van der Waals surface area contributed by atoms with Crippen LogP contribution in [0, 0.1) is 6.92 Å². The highest BCUT2D eigenvalue weighted by Crippen LogP contribution is 2.32. The first-order chi connectivity index (χ1) is 17.3. The summed E-state index contributed by atoms with van der Waals surface area (Å²) in [5, 5.41) is 7.98. The second-order valence-corrected chi connectivity index (χ2v) is 10.8. The van der Waals surface area contributed by atoms with E-state index in [0.717, 1.165) is 0 Å². The monoisotopic (exact) mass is 508 g/mol. The van der Waals surface area contributed by atoms with Crippen LogP contribution in [-0.2, 0) is 14.6 Å². The molecule has 1 atom stereocenters. The first kappa shape index (κ1) is 23.7. The van der Waals surface area contributed by atoms with Crippen molar-refractivity contribution in [2.24, 2.45) is 0 Å². The van der Waals surface area contributed by atoms with Gasteiger partial charge in [-0.25, -0.2) is 22.9 Å². The van der Waals surface area contributed by atoms with E-state index in [1.165, 1.54) is 6.26 Å². The number of nitrogens with zero attached hydrogens (tertiary/aromatic N) is 3. The molecule has 0 bridgehead atoms. The van der Waals surface area contributed by atoms with Crippen molar-refractivity contribution in [1.82, 2.24) is 14.8 Å². The number of sulfone groups is 1. The van der Waals surface area contributed by atoms with E-state index in [4.69, 9.17) is 14.1 Å². The predicted octanol–water partition coefficient (Wildman–Crippen LogP) is 3.79. The van der Waals surface area contributed by atoms with Crippen molar-refractivity contribution in [2.75, 3.05) is 23.4 Å². The number of aryl methyl sites for hydroxylation is 1. The van der Waals surface area contributed by atoms with Gasteiger partial charge in [-0.15, -0.1) is 0 Å². The number of fused-ring (bicyclic) bond motifs is 1. The maximum absolute atomic E-state index is 13.5. The molecule has 3 aromatic heterocycles. The maximum atomic E-state index is 13.5. The number of esters is 1. The zero-order valence-corrected chi connectivity index (χ0v) is 20.5. The van der Waals surface area contributed by atoms with Gasteiger partial charge in [-0.1, -0.05) is 0 Å². The highest BCUT2D eigenvalue weighted by molar-refractivity contribution is 7.91. The van der Waals surface area contributed by atoms with Gasteiger partial charge in [0.05, 0.1) is 52.6 Å². The largest absolute Gasteiger partial charge is 0.463 e. The van der Waals surface area contributed by atoms with Gasteiger partial charge in [-0.3, -0.25) is 4.79 Å². The van der Waals surface area contributed by atoms with Crippen molar-refractivity contribution in [3.8, 4) is 11.5 Å². The molecule has 1 aliphatic rings. The summed E-state index contributed by atoms with van der Waals surface area (Å²) in [4.78, 5) is 30.1. The van der Waals surface area contributed by atoms with Gasteiger partial charge in [0.15, 0.2) is 21.2 Å². The lowest BCUT2D eigenvalue weighted by atomic mass is 10.1. The van der Waals surface area contributed by atoms with Crippen LogP contribution in [0.4, 0.5) is 5.69 Å². The smallest absolute Gasteiger partial charge is 0.338 e. The Morgan fingerprint density at radius 2 is 2.00 bits per heavy atom. The van der Waals surface area contributed by atoms with Crippen LogP contribution in [0.3, 0.4) is 0 Å². The number of rotatable bonds is 6. The number of amides is 1. The van der Waals surface area contributed by atoms with Crippen LogP contribution < -0.4 is 5.32 Å². The molecule has 1 N–H and O–H groups in total. The van der Waals surface area contributed by atoms with E-state index in [0.29, 0.717) is 51.4 Å². The number of hydrogen-bond acceptors (Lipinski definition) is 8. The Morgan fingerprint density at radius 3 is 2.64 bits per heavy atom. The summed E-state index contributed by atoms with van der Waals surface area (Å²) < 4.78 is 36.4. The lowest BCUT2D eigenvalue weighted by Gasteiger charge is -2.12. The Kier molecular flexibility index (Phi) is 6.09. The van der Waals surface area contributed by atoms with Gasteiger partial charge < -0.3 is 14.5 Å². The van der Waals surface area contributed by atoms with Crippen molar-refractivity contribution in [3.63, 3.8) is 0 Å². The molecular formula is C25H24N4O6S. The minimum absolute atomic E-state index is 0.0236. The van der Waals surface area contributed by atoms with Crippen molar-refractivity contribution < 1.29 is 27.2 Å². The SMILES string of the molecule is CCOC(=O)c1ccc(NC(=O)c2cc(-c3ccco3)nc3c2c(C)nn3C2CCS(=O)(=O)C2)cc1. The van der Waals surface area contributed by atoms with Gasteiger partial charge in [0.25, 0.3) is 5.91 Å². The van der Waals surface area contributed by atoms with E-state index in [1.807, 2.05) is 0 Å². The second-order valence-electron chi connectivity index (χ2n) is 8.57. The van der Waals surface area contributed by atoms with E-state index in [9.17, 15) is 18.0 Å². The number of aromatic nitrogens is 3. The molecule has 0 aliphatic carbocycles. The molecule has 1 amide bonds. The molecule has 1 aromatic carbocycles. The van der Waals surface area contributed by atoms with Gasteiger partial charge in [0.1, 0.15) is 5.69 Å². The van der Waals surface area contributed by atoms with Crippen LogP contribution >= 0.6 is 0 Å². The predicted molar refractivity (Wildman–Crippen MR) is 133 cm³/mol. The number of furan rings is 1. The highest BCUT2D eigenvalue weighted by Gasteiger charge is 2.32. The van der Waals surface area contributed by atoms with Crippen LogP contribution in [0.15, 0.2) is 53.1 Å². The lowest BCUT2D eigenvalue weighted by Crippen LogP contribution is -2.15. The summed E-state index contributed by atoms with van der Waals surface area (Å²) >= 11 is 0. The van der Waals surface area contributed by atoms with Crippen molar-refractivity contribution in [1.29, 1.82) is 0 Å². The fourth-order valence-electron chi connectivity index (χ4n) is 4.37. The maximum Gasteiger partial charge on any atom is 0.338 e. The highest BCUT2D eigenvalue weighted by atomic mass is 32.2. The molecule has 1 aliphatic heterocycles. The number of ether oxygens (including phenoxy) is 1. The van der Waals surface area contributed by atoms with Crippen molar-refractivity contribution >= 4 is 38.4 Å². The quantitative estimate of drug-likeness (QED) is 0.389. The zero-order valence-electron chi connectivity index (χ0n) is 19.7. The molecule has 0 spiro atoms. The van der Waals surface area contributed by atoms with Crippen LogP contribution in [0.2, 0.25) is 0 Å². The van der Waals surface area contributed by atoms with Gasteiger partial charge in [-0.2, -0.15) is 5.10 Å². The Balaban J connectivity index is 1.55. The minimum atomic E-state index is -3.16. The summed E-state index contributed by atoms with van der Waals surface area (Å²) in [6, 6.07) is 11.1. The molecule has 1 unspecified atom stereocenters. The Labute approximate surface area is 207 Å². The summed E-state index contributed by atoms with van der Waals surface area (Å²) in [6.45, 7) is 3.77. The number of benzene rings is 1. The molecule has 0 radical (unpaired) electrons. The standard InChI is InChI=1S/C25H24N4O6S/c1-3-34-25(31)16-6-8-17(9-7-16)26-24(30)19-13-20(21-5-4-11-35-21)27-23-22(19)15(2)28-29(23)18-10-12-36(32,33)14-18/h4-9,11,13,18H,3,10,12,14H2,1-2H3,(H,26,30). The normalized spacial score (nSPS) is 16.8. The Morgan fingerprint density at radius 1 is 1.22 bits per heavy atom. The minimum Gasteiger partial charge on any atom is -0.463 e. The molecule has 4 heterocycles. The lowest BCUT2D eigenvalue weighted by molar-refractivity contribution is 0.0526. The summed E-state index contributed by atoms with van der Waals surface area (Å²) in [5.74, 6) is -0.309. The third-order valence-electron chi connectivity index (χ3n) is 6.06. The average Bonchev–Trinajstić information content (AvgIpc) is 3.58. The number of hydrogen-bond donors (Lipinski definition) is 1. The summed E-state index contributed by atoms with van der Waals surface area (Å²) in [5.41, 5.74) is 2.61. The number of anilines is 1. The number of carbonyl (C=O) groups excluding carboxylic acids is 2. The Bertz CT molecular complexity index is 1560. The zero-order chi connectivity index (χ0) is 25.4. The molecule has 4 aromatic rings. The number of pyridine rings is 1. The van der Waals surface area contributed by atoms with Gasteiger partial charge in [0.2, 0.25) is 0 Å². The number of carbonyl (C=O) groups is 2. The molecule has 10 nitrogen and oxygen atoms in total. The third-order valence-corrected chi connectivity index (χ3v) is 7.81. The van der Waals surface area contributed by atoms with Crippen molar-refractivity contribution in [2.45, 2.75) is 26.3 Å². The fourth-order valence-corrected chi connectivity index (χ4v) is 6.06. The van der Waals surface area contributed by atoms with E-state index < -0.39 is 21.7 Å². The molecular weight excluding hydrogens is 484 g/mol. The molecule has 0 saturated carbocycles. The molecule has 1 saturated heterocycles. The van der Waals surface area contributed by atoms with Crippen LogP contribution in [-0.4, -0.2) is 53.2 Å². The second kappa shape index (κ2) is 9.23. The Hall–Kier alpha value is -3.99. The fraction of sp³-hybridized carbons (Fsp3) is 0.280. The first-order valence-electron chi connectivity index (χ1n) is 11.5. The van der Waals surface area contributed by atoms with Crippen LogP contribution in [0.1, 0.15) is 45.8 Å². The molecule has 11 heteroatoms. The van der Waals surface area contributed by atoms with Crippen molar-refractivity contribution in [3.05, 3.63) is 65.5 Å². The van der Waals surface area contributed by atoms with Gasteiger partial charge in [-0.05, 0) is 62.7 Å². The first-order valence-corrected chi connectivity index (χ1v) is 13.3. The van der Waals surface area contributed by atoms with E-state index in [-0.39, 0.29) is 24.2 Å². The molecule has 186 valence electrons. The van der Waals surface area contributed by atoms with Gasteiger partial charge in [0, 0.05) is 5.69 Å². The van der Waals surface area contributed by atoms with E-state index >= 15 is 0 Å². The summed E-state index contributed by atoms with van der Waals surface area (Å²) in [6.07, 6.45) is 1.94. The van der Waals surface area contributed by atoms with Crippen LogP contribution in [0.5, 0.6) is 0 Å². The average molecular weight is 509 g/mol. The third kappa shape index (κ3) is 4.49.